The van der Waals surface area contributed by atoms with Gasteiger partial charge in [-0.15, -0.1) is 0 Å². The predicted molar refractivity (Wildman–Crippen MR) is 112 cm³/mol. The van der Waals surface area contributed by atoms with Crippen molar-refractivity contribution in [3.8, 4) is 5.75 Å². The molecule has 6 heteroatoms. The molecule has 6 nitrogen and oxygen atoms in total. The maximum Gasteiger partial charge on any atom is 0.308 e. The van der Waals surface area contributed by atoms with E-state index in [9.17, 15) is 9.59 Å². The maximum absolute atomic E-state index is 13.1. The van der Waals surface area contributed by atoms with Crippen LogP contribution in [0.3, 0.4) is 0 Å². The molecule has 1 amide bonds. The Bertz CT molecular complexity index is 1010. The van der Waals surface area contributed by atoms with Crippen LogP contribution in [0, 0.1) is 0 Å². The van der Waals surface area contributed by atoms with E-state index >= 15 is 0 Å². The van der Waals surface area contributed by atoms with Gasteiger partial charge in [0.1, 0.15) is 5.75 Å². The van der Waals surface area contributed by atoms with Crippen molar-refractivity contribution in [1.29, 1.82) is 0 Å². The Labute approximate surface area is 170 Å². The zero-order valence-electron chi connectivity index (χ0n) is 17.1. The average Bonchev–Trinajstić information content (AvgIpc) is 3.04. The van der Waals surface area contributed by atoms with E-state index in [4.69, 9.17) is 9.47 Å². The number of benzene rings is 2. The highest BCUT2D eigenvalue weighted by atomic mass is 16.5. The van der Waals surface area contributed by atoms with Crippen LogP contribution in [0.5, 0.6) is 5.75 Å². The van der Waals surface area contributed by atoms with E-state index in [-0.39, 0.29) is 24.4 Å². The molecule has 2 aromatic carbocycles. The van der Waals surface area contributed by atoms with Gasteiger partial charge in [0.05, 0.1) is 31.2 Å². The fraction of sp³-hybridized carbons (Fsp3) is 0.304. The highest BCUT2D eigenvalue weighted by Crippen LogP contribution is 2.24. The van der Waals surface area contributed by atoms with E-state index in [1.165, 1.54) is 0 Å². The summed E-state index contributed by atoms with van der Waals surface area (Å²) in [7, 11) is 3.49. The Morgan fingerprint density at radius 2 is 1.76 bits per heavy atom. The van der Waals surface area contributed by atoms with Gasteiger partial charge in [-0.05, 0) is 37.6 Å². The molecular weight excluding hydrogens is 368 g/mol. The van der Waals surface area contributed by atoms with Crippen LogP contribution >= 0.6 is 0 Å². The zero-order chi connectivity index (χ0) is 21.0. The molecule has 1 atom stereocenters. The lowest BCUT2D eigenvalue weighted by Crippen LogP contribution is -2.31. The van der Waals surface area contributed by atoms with Gasteiger partial charge in [0.25, 0.3) is 5.91 Å². The highest BCUT2D eigenvalue weighted by Gasteiger charge is 2.22. The van der Waals surface area contributed by atoms with Crippen molar-refractivity contribution in [1.82, 2.24) is 9.88 Å². The second kappa shape index (κ2) is 8.82. The van der Waals surface area contributed by atoms with Gasteiger partial charge in [-0.3, -0.25) is 9.59 Å². The molecule has 0 aliphatic heterocycles. The minimum absolute atomic E-state index is 0.0427. The lowest BCUT2D eigenvalue weighted by Gasteiger charge is -2.19. The Morgan fingerprint density at radius 1 is 1.07 bits per heavy atom. The number of methoxy groups -OCH3 is 1. The van der Waals surface area contributed by atoms with Gasteiger partial charge in [-0.25, -0.2) is 0 Å². The summed E-state index contributed by atoms with van der Waals surface area (Å²) < 4.78 is 12.4. The molecule has 0 bridgehead atoms. The molecule has 0 aliphatic rings. The smallest absolute Gasteiger partial charge is 0.308 e. The number of ether oxygens (including phenoxy) is 2. The molecule has 3 aromatic rings. The third-order valence-corrected chi connectivity index (χ3v) is 4.70. The number of amides is 1. The number of aromatic nitrogens is 1. The van der Waals surface area contributed by atoms with Crippen molar-refractivity contribution in [2.45, 2.75) is 32.4 Å². The number of carbonyl (C=O) groups excluding carboxylic acids is 2. The third-order valence-electron chi connectivity index (χ3n) is 4.70. The number of nitrogens with zero attached hydrogens (tertiary/aromatic N) is 1. The zero-order valence-corrected chi connectivity index (χ0v) is 17.1. The van der Waals surface area contributed by atoms with Crippen molar-refractivity contribution in [3.63, 3.8) is 0 Å². The second-order valence-corrected chi connectivity index (χ2v) is 7.21. The highest BCUT2D eigenvalue weighted by molar-refractivity contribution is 6.07. The second-order valence-electron chi connectivity index (χ2n) is 7.21. The van der Waals surface area contributed by atoms with E-state index in [2.05, 4.69) is 5.32 Å². The van der Waals surface area contributed by atoms with Crippen LogP contribution in [-0.4, -0.2) is 29.7 Å². The van der Waals surface area contributed by atoms with Crippen molar-refractivity contribution in [3.05, 3.63) is 65.9 Å². The number of nitrogens with one attached hydrogen (secondary N) is 1. The Hall–Kier alpha value is -3.28. The molecule has 0 saturated heterocycles. The lowest BCUT2D eigenvalue weighted by atomic mass is 10.0. The number of carbonyl (C=O) groups is 2. The summed E-state index contributed by atoms with van der Waals surface area (Å²) in [5.41, 5.74) is 2.34. The molecule has 0 spiro atoms. The Kier molecular flexibility index (Phi) is 6.22. The molecule has 1 heterocycles. The minimum Gasteiger partial charge on any atom is -0.497 e. The third kappa shape index (κ3) is 4.77. The van der Waals surface area contributed by atoms with Crippen LogP contribution in [0.25, 0.3) is 10.9 Å². The van der Waals surface area contributed by atoms with Gasteiger partial charge in [0.15, 0.2) is 0 Å². The summed E-state index contributed by atoms with van der Waals surface area (Å²) in [6.07, 6.45) is 1.63. The van der Waals surface area contributed by atoms with Crippen LogP contribution in [0.2, 0.25) is 0 Å². The number of hydrogen-bond acceptors (Lipinski definition) is 4. The van der Waals surface area contributed by atoms with Crippen molar-refractivity contribution in [2.75, 3.05) is 7.11 Å². The van der Waals surface area contributed by atoms with E-state index < -0.39 is 6.04 Å². The molecule has 1 aromatic heterocycles. The van der Waals surface area contributed by atoms with Crippen LogP contribution in [0.4, 0.5) is 0 Å². The average molecular weight is 394 g/mol. The maximum atomic E-state index is 13.1. The van der Waals surface area contributed by atoms with Gasteiger partial charge < -0.3 is 19.4 Å². The van der Waals surface area contributed by atoms with E-state index in [0.29, 0.717) is 11.3 Å². The van der Waals surface area contributed by atoms with Gasteiger partial charge in [0, 0.05) is 24.1 Å². The van der Waals surface area contributed by atoms with E-state index in [1.807, 2.05) is 48.0 Å². The number of rotatable bonds is 7. The molecule has 0 saturated carbocycles. The van der Waals surface area contributed by atoms with Crippen LogP contribution < -0.4 is 10.1 Å². The number of para-hydroxylation sites is 1. The first-order chi connectivity index (χ1) is 13.9. The van der Waals surface area contributed by atoms with Crippen molar-refractivity contribution >= 4 is 22.8 Å². The number of esters is 1. The fourth-order valence-electron chi connectivity index (χ4n) is 3.32. The summed E-state index contributed by atoms with van der Waals surface area (Å²) in [5.74, 6) is 0.108. The van der Waals surface area contributed by atoms with Gasteiger partial charge >= 0.3 is 5.97 Å². The quantitative estimate of drug-likeness (QED) is 0.615. The number of hydrogen-bond donors (Lipinski definition) is 1. The molecule has 0 fully saturated rings. The van der Waals surface area contributed by atoms with Gasteiger partial charge in [-0.1, -0.05) is 30.3 Å². The summed E-state index contributed by atoms with van der Waals surface area (Å²) >= 11 is 0. The van der Waals surface area contributed by atoms with Crippen LogP contribution in [0.1, 0.15) is 42.2 Å². The van der Waals surface area contributed by atoms with Crippen molar-refractivity contribution in [2.24, 2.45) is 7.05 Å². The normalized spacial score (nSPS) is 12.0. The Morgan fingerprint density at radius 3 is 2.41 bits per heavy atom. The van der Waals surface area contributed by atoms with Crippen molar-refractivity contribution < 1.29 is 19.1 Å². The summed E-state index contributed by atoms with van der Waals surface area (Å²) in [6.45, 7) is 3.60. The first-order valence-electron chi connectivity index (χ1n) is 9.57. The van der Waals surface area contributed by atoms with E-state index in [0.717, 1.165) is 16.5 Å². The summed E-state index contributed by atoms with van der Waals surface area (Å²) in [6, 6.07) is 14.5. The first-order valence-corrected chi connectivity index (χ1v) is 9.57. The molecule has 1 N–H and O–H groups in total. The molecule has 0 radical (unpaired) electrons. The lowest BCUT2D eigenvalue weighted by molar-refractivity contribution is -0.147. The summed E-state index contributed by atoms with van der Waals surface area (Å²) in [5, 5.41) is 3.87. The molecule has 0 aliphatic carbocycles. The largest absolute Gasteiger partial charge is 0.497 e. The molecule has 3 rings (SSSR count). The van der Waals surface area contributed by atoms with Gasteiger partial charge in [-0.2, -0.15) is 0 Å². The summed E-state index contributed by atoms with van der Waals surface area (Å²) in [4.78, 5) is 25.4. The molecule has 1 unspecified atom stereocenters. The fourth-order valence-corrected chi connectivity index (χ4v) is 3.32. The molecule has 152 valence electrons. The number of fused-ring (bicyclic) bond motifs is 1. The predicted octanol–water partition coefficient (Wildman–Crippen LogP) is 4.00. The standard InChI is InChI=1S/C23H26N2O4/c1-15(2)29-22(26)13-20(16-9-11-17(28-4)12-10-16)24-23(27)19-14-25(3)21-8-6-5-7-18(19)21/h5-12,14-15,20H,13H2,1-4H3,(H,24,27). The first kappa shape index (κ1) is 20.5. The number of aryl methyl sites for hydroxylation is 1. The van der Waals surface area contributed by atoms with Gasteiger partial charge in [0.2, 0.25) is 0 Å². The minimum atomic E-state index is -0.515. The van der Waals surface area contributed by atoms with Crippen LogP contribution in [-0.2, 0) is 16.6 Å². The SMILES string of the molecule is COc1ccc(C(CC(=O)OC(C)C)NC(=O)c2cn(C)c3ccccc23)cc1. The van der Waals surface area contributed by atoms with Crippen LogP contribution in [0.15, 0.2) is 54.7 Å². The monoisotopic (exact) mass is 394 g/mol. The molecule has 29 heavy (non-hydrogen) atoms. The van der Waals surface area contributed by atoms with E-state index in [1.54, 1.807) is 39.3 Å². The topological polar surface area (TPSA) is 69.6 Å². The molecular formula is C23H26N2O4. The Balaban J connectivity index is 1.88.